The Bertz CT molecular complexity index is 905. The fourth-order valence-electron chi connectivity index (χ4n) is 2.55. The highest BCUT2D eigenvalue weighted by molar-refractivity contribution is 5.82. The van der Waals surface area contributed by atoms with Gasteiger partial charge in [0.2, 0.25) is 0 Å². The van der Waals surface area contributed by atoms with E-state index in [-0.39, 0.29) is 0 Å². The minimum Gasteiger partial charge on any atom is -0.493 e. The van der Waals surface area contributed by atoms with E-state index in [0.29, 0.717) is 35.8 Å². The standard InChI is InChI=1S/C22H24N2O6/c1-15(30-18-7-4-17(13-23)5-8-18)22(26)29-14-21(25)24-11-10-16-6-9-19(27-2)20(12-16)28-3/h4-9,12,15H,10-11,14H2,1-3H3,(H,24,25). The van der Waals surface area contributed by atoms with Gasteiger partial charge in [-0.05, 0) is 55.3 Å². The first-order valence-corrected chi connectivity index (χ1v) is 9.28. The summed E-state index contributed by atoms with van der Waals surface area (Å²) >= 11 is 0. The lowest BCUT2D eigenvalue weighted by Gasteiger charge is -2.14. The summed E-state index contributed by atoms with van der Waals surface area (Å²) in [5.41, 5.74) is 1.46. The third kappa shape index (κ3) is 6.71. The molecule has 0 saturated carbocycles. The molecular weight excluding hydrogens is 388 g/mol. The first kappa shape index (κ1) is 22.6. The van der Waals surface area contributed by atoms with Crippen LogP contribution in [0.25, 0.3) is 0 Å². The highest BCUT2D eigenvalue weighted by Gasteiger charge is 2.17. The van der Waals surface area contributed by atoms with Crippen molar-refractivity contribution in [1.82, 2.24) is 5.32 Å². The van der Waals surface area contributed by atoms with E-state index in [9.17, 15) is 9.59 Å². The summed E-state index contributed by atoms with van der Waals surface area (Å²) in [6, 6.07) is 13.9. The average Bonchev–Trinajstić information content (AvgIpc) is 2.77. The normalized spacial score (nSPS) is 11.0. The minimum absolute atomic E-state index is 0.378. The van der Waals surface area contributed by atoms with Gasteiger partial charge in [0.25, 0.3) is 5.91 Å². The fraction of sp³-hybridized carbons (Fsp3) is 0.318. The molecule has 8 nitrogen and oxygen atoms in total. The number of esters is 1. The lowest BCUT2D eigenvalue weighted by atomic mass is 10.1. The highest BCUT2D eigenvalue weighted by atomic mass is 16.6. The van der Waals surface area contributed by atoms with Crippen LogP contribution in [0.4, 0.5) is 0 Å². The smallest absolute Gasteiger partial charge is 0.347 e. The number of nitrogens with one attached hydrogen (secondary N) is 1. The van der Waals surface area contributed by atoms with Gasteiger partial charge in [0.05, 0.1) is 25.9 Å². The van der Waals surface area contributed by atoms with Crippen LogP contribution in [-0.2, 0) is 20.7 Å². The number of hydrogen-bond acceptors (Lipinski definition) is 7. The summed E-state index contributed by atoms with van der Waals surface area (Å²) in [5, 5.41) is 11.5. The van der Waals surface area contributed by atoms with Gasteiger partial charge in [0.15, 0.2) is 24.2 Å². The zero-order valence-corrected chi connectivity index (χ0v) is 17.1. The number of methoxy groups -OCH3 is 2. The molecule has 0 radical (unpaired) electrons. The number of carbonyl (C=O) groups excluding carboxylic acids is 2. The maximum atomic E-state index is 12.0. The number of amides is 1. The van der Waals surface area contributed by atoms with E-state index < -0.39 is 24.6 Å². The number of benzene rings is 2. The van der Waals surface area contributed by atoms with E-state index in [1.165, 1.54) is 6.92 Å². The van der Waals surface area contributed by atoms with Crippen LogP contribution >= 0.6 is 0 Å². The van der Waals surface area contributed by atoms with Crippen LogP contribution in [-0.4, -0.2) is 45.4 Å². The molecule has 0 aliphatic rings. The molecule has 1 unspecified atom stereocenters. The van der Waals surface area contributed by atoms with Crippen molar-refractivity contribution < 1.29 is 28.5 Å². The average molecular weight is 412 g/mol. The molecule has 30 heavy (non-hydrogen) atoms. The molecule has 8 heteroatoms. The highest BCUT2D eigenvalue weighted by Crippen LogP contribution is 2.27. The summed E-state index contributed by atoms with van der Waals surface area (Å²) in [5.74, 6) is 0.614. The molecule has 0 spiro atoms. The van der Waals surface area contributed by atoms with Crippen LogP contribution in [0.15, 0.2) is 42.5 Å². The summed E-state index contributed by atoms with van der Waals surface area (Å²) in [6.45, 7) is 1.50. The fourth-order valence-corrected chi connectivity index (χ4v) is 2.55. The number of nitrogens with zero attached hydrogens (tertiary/aromatic N) is 1. The molecule has 0 bridgehead atoms. The molecule has 0 aliphatic heterocycles. The number of carbonyl (C=O) groups is 2. The molecular formula is C22H24N2O6. The van der Waals surface area contributed by atoms with E-state index >= 15 is 0 Å². The second-order valence-corrected chi connectivity index (χ2v) is 6.29. The summed E-state index contributed by atoms with van der Waals surface area (Å²) < 4.78 is 20.9. The zero-order valence-electron chi connectivity index (χ0n) is 17.1. The van der Waals surface area contributed by atoms with Crippen LogP contribution in [0.5, 0.6) is 17.2 Å². The van der Waals surface area contributed by atoms with Gasteiger partial charge in [0, 0.05) is 6.54 Å². The van der Waals surface area contributed by atoms with Crippen LogP contribution in [0, 0.1) is 11.3 Å². The van der Waals surface area contributed by atoms with E-state index in [1.54, 1.807) is 44.6 Å². The van der Waals surface area contributed by atoms with Crippen LogP contribution in [0.2, 0.25) is 0 Å². The maximum Gasteiger partial charge on any atom is 0.347 e. The summed E-state index contributed by atoms with van der Waals surface area (Å²) in [7, 11) is 3.12. The Morgan fingerprint density at radius 1 is 1.07 bits per heavy atom. The molecule has 2 rings (SSSR count). The molecule has 0 aliphatic carbocycles. The molecule has 2 aromatic carbocycles. The van der Waals surface area contributed by atoms with Gasteiger partial charge in [-0.1, -0.05) is 6.07 Å². The Labute approximate surface area is 175 Å². The SMILES string of the molecule is COc1ccc(CCNC(=O)COC(=O)C(C)Oc2ccc(C#N)cc2)cc1OC. The van der Waals surface area contributed by atoms with Crippen LogP contribution < -0.4 is 19.5 Å². The summed E-state index contributed by atoms with van der Waals surface area (Å²) in [4.78, 5) is 23.9. The molecule has 0 heterocycles. The number of rotatable bonds is 10. The van der Waals surface area contributed by atoms with Crippen molar-refractivity contribution in [2.45, 2.75) is 19.4 Å². The second kappa shape index (κ2) is 11.3. The molecule has 0 aromatic heterocycles. The first-order chi connectivity index (χ1) is 14.5. The van der Waals surface area contributed by atoms with E-state index in [2.05, 4.69) is 5.32 Å². The third-order valence-corrected chi connectivity index (χ3v) is 4.16. The van der Waals surface area contributed by atoms with Crippen molar-refractivity contribution in [3.8, 4) is 23.3 Å². The largest absolute Gasteiger partial charge is 0.493 e. The molecule has 0 fully saturated rings. The Kier molecular flexibility index (Phi) is 8.51. The van der Waals surface area contributed by atoms with Gasteiger partial charge >= 0.3 is 5.97 Å². The lowest BCUT2D eigenvalue weighted by Crippen LogP contribution is -2.33. The molecule has 1 amide bonds. The van der Waals surface area contributed by atoms with E-state index in [4.69, 9.17) is 24.2 Å². The monoisotopic (exact) mass is 412 g/mol. The van der Waals surface area contributed by atoms with Gasteiger partial charge in [-0.2, -0.15) is 5.26 Å². The minimum atomic E-state index is -0.891. The van der Waals surface area contributed by atoms with Crippen molar-refractivity contribution in [3.63, 3.8) is 0 Å². The van der Waals surface area contributed by atoms with Gasteiger partial charge in [-0.3, -0.25) is 4.79 Å². The van der Waals surface area contributed by atoms with E-state index in [0.717, 1.165) is 5.56 Å². The van der Waals surface area contributed by atoms with Crippen molar-refractivity contribution in [1.29, 1.82) is 5.26 Å². The number of hydrogen-bond donors (Lipinski definition) is 1. The Morgan fingerprint density at radius 3 is 2.40 bits per heavy atom. The topological polar surface area (TPSA) is 107 Å². The zero-order chi connectivity index (χ0) is 21.9. The quantitative estimate of drug-likeness (QED) is 0.597. The van der Waals surface area contributed by atoms with Crippen molar-refractivity contribution in [3.05, 3.63) is 53.6 Å². The Balaban J connectivity index is 1.72. The molecule has 2 aromatic rings. The molecule has 0 saturated heterocycles. The van der Waals surface area contributed by atoms with Gasteiger partial charge in [-0.25, -0.2) is 4.79 Å². The van der Waals surface area contributed by atoms with Crippen molar-refractivity contribution in [2.75, 3.05) is 27.4 Å². The van der Waals surface area contributed by atoms with Crippen molar-refractivity contribution in [2.24, 2.45) is 0 Å². The molecule has 1 N–H and O–H groups in total. The maximum absolute atomic E-state index is 12.0. The number of ether oxygens (including phenoxy) is 4. The van der Waals surface area contributed by atoms with Crippen LogP contribution in [0.3, 0.4) is 0 Å². The lowest BCUT2D eigenvalue weighted by molar-refractivity contribution is -0.154. The van der Waals surface area contributed by atoms with Gasteiger partial charge in [-0.15, -0.1) is 0 Å². The first-order valence-electron chi connectivity index (χ1n) is 9.28. The number of nitriles is 1. The Hall–Kier alpha value is -3.73. The van der Waals surface area contributed by atoms with Crippen molar-refractivity contribution >= 4 is 11.9 Å². The molecule has 158 valence electrons. The Morgan fingerprint density at radius 2 is 1.77 bits per heavy atom. The van der Waals surface area contributed by atoms with Gasteiger partial charge < -0.3 is 24.3 Å². The second-order valence-electron chi connectivity index (χ2n) is 6.29. The summed E-state index contributed by atoms with van der Waals surface area (Å²) in [6.07, 6.45) is -0.310. The third-order valence-electron chi connectivity index (χ3n) is 4.16. The predicted octanol–water partition coefficient (Wildman–Crippen LogP) is 2.24. The van der Waals surface area contributed by atoms with E-state index in [1.807, 2.05) is 18.2 Å². The van der Waals surface area contributed by atoms with Crippen LogP contribution in [0.1, 0.15) is 18.1 Å². The predicted molar refractivity (Wildman–Crippen MR) is 108 cm³/mol. The van der Waals surface area contributed by atoms with Gasteiger partial charge in [0.1, 0.15) is 5.75 Å². The molecule has 1 atom stereocenters.